The van der Waals surface area contributed by atoms with Crippen LogP contribution >= 0.6 is 0 Å². The van der Waals surface area contributed by atoms with Gasteiger partial charge in [0.1, 0.15) is 12.6 Å². The Morgan fingerprint density at radius 1 is 0.897 bits per heavy atom. The zero-order chi connectivity index (χ0) is 28.6. The van der Waals surface area contributed by atoms with Crippen molar-refractivity contribution >= 4 is 27.5 Å². The minimum Gasteiger partial charge on any atom is -0.352 e. The summed E-state index contributed by atoms with van der Waals surface area (Å²) in [5.41, 5.74) is 4.15. The van der Waals surface area contributed by atoms with E-state index in [1.165, 1.54) is 4.90 Å². The van der Waals surface area contributed by atoms with Crippen LogP contribution in [0.1, 0.15) is 42.5 Å². The zero-order valence-corrected chi connectivity index (χ0v) is 24.2. The number of benzene rings is 3. The lowest BCUT2D eigenvalue weighted by molar-refractivity contribution is -0.140. The van der Waals surface area contributed by atoms with Crippen molar-refractivity contribution in [2.75, 3.05) is 17.1 Å². The highest BCUT2D eigenvalue weighted by Gasteiger charge is 2.33. The molecule has 2 atom stereocenters. The summed E-state index contributed by atoms with van der Waals surface area (Å²) in [6.07, 6.45) is 2.12. The lowest BCUT2D eigenvalue weighted by Gasteiger charge is -2.34. The number of anilines is 1. The maximum Gasteiger partial charge on any atom is 0.244 e. The first-order chi connectivity index (χ1) is 18.5. The number of rotatable bonds is 12. The number of nitrogens with zero attached hydrogens (tertiary/aromatic N) is 2. The minimum absolute atomic E-state index is 0.0775. The highest BCUT2D eigenvalue weighted by atomic mass is 32.2. The predicted molar refractivity (Wildman–Crippen MR) is 157 cm³/mol. The fraction of sp³-hybridized carbons (Fsp3) is 0.355. The molecule has 0 bridgehead atoms. The number of hydrogen-bond acceptors (Lipinski definition) is 4. The molecule has 0 spiro atoms. The van der Waals surface area contributed by atoms with Gasteiger partial charge in [-0.25, -0.2) is 8.42 Å². The van der Waals surface area contributed by atoms with Crippen LogP contribution in [0, 0.1) is 13.8 Å². The Morgan fingerprint density at radius 2 is 1.51 bits per heavy atom. The van der Waals surface area contributed by atoms with Crippen molar-refractivity contribution in [2.24, 2.45) is 0 Å². The molecule has 3 aromatic rings. The second-order valence-corrected chi connectivity index (χ2v) is 12.0. The van der Waals surface area contributed by atoms with E-state index in [4.69, 9.17) is 0 Å². The van der Waals surface area contributed by atoms with E-state index in [0.717, 1.165) is 39.2 Å². The Balaban J connectivity index is 2.06. The summed E-state index contributed by atoms with van der Waals surface area (Å²) in [6, 6.07) is 23.3. The lowest BCUT2D eigenvalue weighted by atomic mass is 10.0. The Kier molecular flexibility index (Phi) is 10.3. The van der Waals surface area contributed by atoms with Crippen molar-refractivity contribution in [2.45, 2.75) is 59.2 Å². The molecule has 0 saturated carbocycles. The molecule has 7 nitrogen and oxygen atoms in total. The van der Waals surface area contributed by atoms with Crippen molar-refractivity contribution in [3.05, 3.63) is 101 Å². The third-order valence-electron chi connectivity index (χ3n) is 6.88. The SMILES string of the molecule is CC[C@H](C)NC(=O)[C@H](Cc1ccccc1)N(Cc1ccccc1C)C(=O)CN(c1ccc(C)cc1)S(C)(=O)=O. The van der Waals surface area contributed by atoms with Gasteiger partial charge in [0.25, 0.3) is 0 Å². The van der Waals surface area contributed by atoms with Gasteiger partial charge >= 0.3 is 0 Å². The van der Waals surface area contributed by atoms with Gasteiger partial charge in [-0.1, -0.05) is 79.2 Å². The van der Waals surface area contributed by atoms with E-state index in [0.29, 0.717) is 12.1 Å². The van der Waals surface area contributed by atoms with Crippen LogP contribution in [0.2, 0.25) is 0 Å². The fourth-order valence-electron chi connectivity index (χ4n) is 4.29. The molecular formula is C31H39N3O4S. The van der Waals surface area contributed by atoms with E-state index in [-0.39, 0.29) is 18.5 Å². The molecule has 3 aromatic carbocycles. The van der Waals surface area contributed by atoms with Crippen molar-refractivity contribution < 1.29 is 18.0 Å². The van der Waals surface area contributed by atoms with Crippen LogP contribution in [0.5, 0.6) is 0 Å². The molecule has 0 radical (unpaired) electrons. The number of aryl methyl sites for hydroxylation is 2. The maximum absolute atomic E-state index is 14.1. The molecule has 0 heterocycles. The molecule has 0 unspecified atom stereocenters. The molecule has 0 aliphatic carbocycles. The largest absolute Gasteiger partial charge is 0.352 e. The highest BCUT2D eigenvalue weighted by molar-refractivity contribution is 7.92. The molecule has 0 fully saturated rings. The Hall–Kier alpha value is -3.65. The van der Waals surface area contributed by atoms with Crippen LogP contribution in [0.3, 0.4) is 0 Å². The van der Waals surface area contributed by atoms with Gasteiger partial charge in [-0.3, -0.25) is 13.9 Å². The second-order valence-electron chi connectivity index (χ2n) is 10.1. The average molecular weight is 550 g/mol. The summed E-state index contributed by atoms with van der Waals surface area (Å²) in [6.45, 7) is 7.52. The molecule has 0 aliphatic heterocycles. The van der Waals surface area contributed by atoms with E-state index >= 15 is 0 Å². The van der Waals surface area contributed by atoms with Crippen LogP contribution in [-0.4, -0.2) is 50.0 Å². The normalized spacial score (nSPS) is 12.8. The third-order valence-corrected chi connectivity index (χ3v) is 8.02. The lowest BCUT2D eigenvalue weighted by Crippen LogP contribution is -2.54. The molecule has 0 aromatic heterocycles. The summed E-state index contributed by atoms with van der Waals surface area (Å²) >= 11 is 0. The standard InChI is InChI=1S/C31H39N3O4S/c1-6-25(4)32-31(36)29(20-26-13-8-7-9-14-26)33(21-27-15-11-10-12-24(27)3)30(35)22-34(39(5,37)38)28-18-16-23(2)17-19-28/h7-19,25,29H,6,20-22H2,1-5H3,(H,32,36)/t25-,29-/m0/s1. The number of carbonyl (C=O) groups excluding carboxylic acids is 2. The fourth-order valence-corrected chi connectivity index (χ4v) is 5.14. The van der Waals surface area contributed by atoms with Crippen molar-refractivity contribution in [1.29, 1.82) is 0 Å². The van der Waals surface area contributed by atoms with Gasteiger partial charge in [-0.05, 0) is 56.0 Å². The second kappa shape index (κ2) is 13.4. The molecule has 39 heavy (non-hydrogen) atoms. The average Bonchev–Trinajstić information content (AvgIpc) is 2.90. The molecule has 208 valence electrons. The smallest absolute Gasteiger partial charge is 0.244 e. The van der Waals surface area contributed by atoms with Gasteiger partial charge in [0, 0.05) is 19.0 Å². The van der Waals surface area contributed by atoms with Crippen LogP contribution < -0.4 is 9.62 Å². The van der Waals surface area contributed by atoms with E-state index in [1.54, 1.807) is 24.3 Å². The number of hydrogen-bond donors (Lipinski definition) is 1. The molecule has 8 heteroatoms. The summed E-state index contributed by atoms with van der Waals surface area (Å²) in [7, 11) is -3.78. The number of carbonyl (C=O) groups is 2. The van der Waals surface area contributed by atoms with Gasteiger partial charge in [-0.15, -0.1) is 0 Å². The molecule has 3 rings (SSSR count). The third kappa shape index (κ3) is 8.42. The minimum atomic E-state index is -3.78. The van der Waals surface area contributed by atoms with E-state index < -0.39 is 28.5 Å². The zero-order valence-electron chi connectivity index (χ0n) is 23.4. The van der Waals surface area contributed by atoms with Crippen LogP contribution in [0.15, 0.2) is 78.9 Å². The monoisotopic (exact) mass is 549 g/mol. The first kappa shape index (κ1) is 29.9. The first-order valence-electron chi connectivity index (χ1n) is 13.2. The number of nitrogens with one attached hydrogen (secondary N) is 1. The summed E-state index contributed by atoms with van der Waals surface area (Å²) in [4.78, 5) is 29.3. The van der Waals surface area contributed by atoms with E-state index in [9.17, 15) is 18.0 Å². The van der Waals surface area contributed by atoms with Gasteiger partial charge < -0.3 is 10.2 Å². The van der Waals surface area contributed by atoms with Gasteiger partial charge in [0.2, 0.25) is 21.8 Å². The van der Waals surface area contributed by atoms with Crippen molar-refractivity contribution in [3.63, 3.8) is 0 Å². The molecule has 1 N–H and O–H groups in total. The van der Waals surface area contributed by atoms with Gasteiger partial charge in [-0.2, -0.15) is 0 Å². The quantitative estimate of drug-likeness (QED) is 0.357. The maximum atomic E-state index is 14.1. The molecule has 0 saturated heterocycles. The van der Waals surface area contributed by atoms with E-state index in [1.807, 2.05) is 82.3 Å². The molecular weight excluding hydrogens is 510 g/mol. The summed E-state index contributed by atoms with van der Waals surface area (Å²) < 4.78 is 26.8. The molecule has 2 amide bonds. The Morgan fingerprint density at radius 3 is 2.10 bits per heavy atom. The Bertz CT molecular complexity index is 1360. The van der Waals surface area contributed by atoms with Gasteiger partial charge in [0.15, 0.2) is 0 Å². The number of sulfonamides is 1. The Labute approximate surface area is 232 Å². The van der Waals surface area contributed by atoms with Crippen LogP contribution in [-0.2, 0) is 32.6 Å². The molecule has 0 aliphatic rings. The van der Waals surface area contributed by atoms with Crippen molar-refractivity contribution in [3.8, 4) is 0 Å². The highest BCUT2D eigenvalue weighted by Crippen LogP contribution is 2.21. The van der Waals surface area contributed by atoms with Crippen LogP contribution in [0.4, 0.5) is 5.69 Å². The van der Waals surface area contributed by atoms with Gasteiger partial charge in [0.05, 0.1) is 11.9 Å². The van der Waals surface area contributed by atoms with Crippen molar-refractivity contribution in [1.82, 2.24) is 10.2 Å². The summed E-state index contributed by atoms with van der Waals surface area (Å²) in [5, 5.41) is 3.04. The van der Waals surface area contributed by atoms with E-state index in [2.05, 4.69) is 5.32 Å². The summed E-state index contributed by atoms with van der Waals surface area (Å²) in [5.74, 6) is -0.721. The first-order valence-corrected chi connectivity index (χ1v) is 15.1. The predicted octanol–water partition coefficient (Wildman–Crippen LogP) is 4.62. The van der Waals surface area contributed by atoms with Crippen LogP contribution in [0.25, 0.3) is 0 Å². The number of amides is 2. The topological polar surface area (TPSA) is 86.8 Å².